The number of halogens is 2. The summed E-state index contributed by atoms with van der Waals surface area (Å²) in [5.74, 6) is -3.01. The number of esters is 1. The third-order valence-corrected chi connectivity index (χ3v) is 8.11. The van der Waals surface area contributed by atoms with E-state index in [0.29, 0.717) is 17.1 Å². The Balaban J connectivity index is 1.82. The van der Waals surface area contributed by atoms with Gasteiger partial charge in [0.2, 0.25) is 5.91 Å². The van der Waals surface area contributed by atoms with Crippen LogP contribution in [0.5, 0.6) is 0 Å². The Morgan fingerprint density at radius 2 is 2.21 bits per heavy atom. The van der Waals surface area contributed by atoms with Crippen molar-refractivity contribution < 1.29 is 29.0 Å². The smallest absolute Gasteiger partial charge is 0.312 e. The van der Waals surface area contributed by atoms with Gasteiger partial charge in [0.15, 0.2) is 0 Å². The van der Waals surface area contributed by atoms with Gasteiger partial charge in [0, 0.05) is 17.9 Å². The van der Waals surface area contributed by atoms with Gasteiger partial charge in [-0.25, -0.2) is 0 Å². The quantitative estimate of drug-likeness (QED) is 0.301. The minimum Gasteiger partial charge on any atom is -0.466 e. The highest BCUT2D eigenvalue weighted by Gasteiger charge is 2.77. The van der Waals surface area contributed by atoms with Crippen molar-refractivity contribution in [2.24, 2.45) is 11.8 Å². The lowest BCUT2D eigenvalue weighted by Crippen LogP contribution is -2.57. The van der Waals surface area contributed by atoms with Gasteiger partial charge in [0.05, 0.1) is 41.9 Å². The number of alkyl halides is 1. The Labute approximate surface area is 211 Å². The number of likely N-dealkylation sites (tertiary alicyclic amines) is 1. The number of aliphatic hydroxyl groups is 1. The lowest BCUT2D eigenvalue weighted by molar-refractivity contribution is -0.154. The van der Waals surface area contributed by atoms with E-state index in [1.807, 2.05) is 13.0 Å². The minimum absolute atomic E-state index is 0.0621. The van der Waals surface area contributed by atoms with Gasteiger partial charge in [0.1, 0.15) is 11.6 Å². The first-order chi connectivity index (χ1) is 16.2. The van der Waals surface area contributed by atoms with E-state index in [1.165, 1.54) is 9.80 Å². The maximum atomic E-state index is 14.2. The molecule has 2 amide bonds. The predicted molar refractivity (Wildman–Crippen MR) is 130 cm³/mol. The molecule has 1 N–H and O–H groups in total. The van der Waals surface area contributed by atoms with Crippen LogP contribution in [-0.2, 0) is 23.9 Å². The number of aliphatic hydroxyl groups excluding tert-OH is 1. The van der Waals surface area contributed by atoms with Crippen LogP contribution in [0.2, 0.25) is 5.02 Å². The van der Waals surface area contributed by atoms with Crippen LogP contribution < -0.4 is 4.90 Å². The molecule has 3 fully saturated rings. The molecule has 184 valence electrons. The summed E-state index contributed by atoms with van der Waals surface area (Å²) in [6.07, 6.45) is 1.37. The van der Waals surface area contributed by atoms with Crippen molar-refractivity contribution in [3.63, 3.8) is 0 Å². The number of fused-ring (bicyclic) bond motifs is 1. The molecule has 0 saturated carbocycles. The molecule has 3 aliphatic heterocycles. The maximum absolute atomic E-state index is 14.2. The maximum Gasteiger partial charge on any atom is 0.312 e. The highest BCUT2D eigenvalue weighted by Crippen LogP contribution is 2.60. The van der Waals surface area contributed by atoms with E-state index in [-0.39, 0.29) is 37.0 Å². The number of benzene rings is 1. The zero-order valence-electron chi connectivity index (χ0n) is 19.1. The molecule has 6 atom stereocenters. The summed E-state index contributed by atoms with van der Waals surface area (Å²) in [6.45, 7) is 7.26. The first kappa shape index (κ1) is 25.2. The SMILES string of the molecule is C=CCN(C(=O)C1N(CCO)C(=O)[C@@H]2[C@H](C(=O)OCC)[C@H]3OC12CC3Br)c1c(C)cccc1Cl. The van der Waals surface area contributed by atoms with Crippen LogP contribution in [0, 0.1) is 18.8 Å². The molecule has 3 unspecified atom stereocenters. The van der Waals surface area contributed by atoms with E-state index in [2.05, 4.69) is 22.5 Å². The summed E-state index contributed by atoms with van der Waals surface area (Å²) >= 11 is 10.1. The number of aryl methyl sites for hydroxylation is 1. The Kier molecular flexibility index (Phi) is 7.11. The molecule has 1 aromatic carbocycles. The molecule has 0 radical (unpaired) electrons. The van der Waals surface area contributed by atoms with Crippen molar-refractivity contribution in [1.29, 1.82) is 0 Å². The second kappa shape index (κ2) is 9.60. The fourth-order valence-electron chi connectivity index (χ4n) is 5.80. The number of hydrogen-bond donors (Lipinski definition) is 1. The number of carbonyl (C=O) groups is 3. The fraction of sp³-hybridized carbons (Fsp3) is 0.542. The number of nitrogens with zero attached hydrogens (tertiary/aromatic N) is 2. The molecule has 34 heavy (non-hydrogen) atoms. The van der Waals surface area contributed by atoms with Gasteiger partial charge in [-0.15, -0.1) is 6.58 Å². The zero-order chi connectivity index (χ0) is 24.8. The molecule has 1 aromatic rings. The molecular formula is C24H28BrClN2O6. The number of ether oxygens (including phenoxy) is 2. The molecule has 10 heteroatoms. The first-order valence-corrected chi connectivity index (χ1v) is 12.6. The second-order valence-electron chi connectivity index (χ2n) is 8.81. The second-order valence-corrected chi connectivity index (χ2v) is 10.4. The van der Waals surface area contributed by atoms with Crippen LogP contribution >= 0.6 is 27.5 Å². The number of rotatable bonds is 8. The van der Waals surface area contributed by atoms with Crippen LogP contribution in [0.25, 0.3) is 0 Å². The van der Waals surface area contributed by atoms with E-state index in [1.54, 1.807) is 25.1 Å². The molecule has 3 saturated heterocycles. The van der Waals surface area contributed by atoms with Crippen LogP contribution in [0.3, 0.4) is 0 Å². The first-order valence-electron chi connectivity index (χ1n) is 11.3. The molecular weight excluding hydrogens is 528 g/mol. The minimum atomic E-state index is -1.23. The number of carbonyl (C=O) groups excluding carboxylic acids is 3. The third kappa shape index (κ3) is 3.68. The standard InChI is InChI=1S/C24H28BrClN2O6/c1-4-9-27(18-13(3)7-6-8-15(18)26)22(31)20-24-12-14(25)19(34-24)16(23(32)33-5-2)17(24)21(30)28(20)10-11-29/h4,6-8,14,16-17,19-20,29H,1,5,9-12H2,2-3H3/t14?,16-,17-,19-,20?,24?/m0/s1. The van der Waals surface area contributed by atoms with Crippen molar-refractivity contribution in [2.75, 3.05) is 31.2 Å². The van der Waals surface area contributed by atoms with Crippen LogP contribution in [0.4, 0.5) is 5.69 Å². The van der Waals surface area contributed by atoms with Crippen molar-refractivity contribution in [2.45, 2.75) is 42.8 Å². The molecule has 1 spiro atoms. The fourth-order valence-corrected chi connectivity index (χ4v) is 7.06. The number of β-amino-alcohol motifs (C(OH)–C–C–N with tert-alkyl or cyclic N) is 1. The average molecular weight is 556 g/mol. The summed E-state index contributed by atoms with van der Waals surface area (Å²) < 4.78 is 11.7. The highest BCUT2D eigenvalue weighted by atomic mass is 79.9. The third-order valence-electron chi connectivity index (χ3n) is 6.96. The Morgan fingerprint density at radius 3 is 2.82 bits per heavy atom. The largest absolute Gasteiger partial charge is 0.466 e. The summed E-state index contributed by atoms with van der Waals surface area (Å²) in [5, 5.41) is 10.1. The van der Waals surface area contributed by atoms with Gasteiger partial charge in [0.25, 0.3) is 5.91 Å². The molecule has 3 aliphatic rings. The van der Waals surface area contributed by atoms with E-state index < -0.39 is 41.5 Å². The Hall–Kier alpha value is -1.94. The summed E-state index contributed by atoms with van der Waals surface area (Å²) in [4.78, 5) is 43.4. The number of para-hydroxylation sites is 1. The van der Waals surface area contributed by atoms with Crippen molar-refractivity contribution >= 4 is 51.0 Å². The van der Waals surface area contributed by atoms with Gasteiger partial charge < -0.3 is 24.4 Å². The van der Waals surface area contributed by atoms with Gasteiger partial charge in [-0.3, -0.25) is 14.4 Å². The van der Waals surface area contributed by atoms with Gasteiger partial charge in [-0.2, -0.15) is 0 Å². The lowest BCUT2D eigenvalue weighted by Gasteiger charge is -2.37. The predicted octanol–water partition coefficient (Wildman–Crippen LogP) is 2.47. The molecule has 3 heterocycles. The zero-order valence-corrected chi connectivity index (χ0v) is 21.4. The molecule has 0 aliphatic carbocycles. The van der Waals surface area contributed by atoms with E-state index in [9.17, 15) is 19.5 Å². The summed E-state index contributed by atoms with van der Waals surface area (Å²) in [7, 11) is 0. The van der Waals surface area contributed by atoms with Gasteiger partial charge in [-0.1, -0.05) is 45.7 Å². The van der Waals surface area contributed by atoms with Crippen LogP contribution in [0.15, 0.2) is 30.9 Å². The Bertz CT molecular complexity index is 1000. The van der Waals surface area contributed by atoms with Gasteiger partial charge >= 0.3 is 5.97 Å². The van der Waals surface area contributed by atoms with E-state index >= 15 is 0 Å². The molecule has 0 aromatic heterocycles. The Morgan fingerprint density at radius 1 is 1.47 bits per heavy atom. The van der Waals surface area contributed by atoms with Crippen LogP contribution in [-0.4, -0.2) is 76.7 Å². The monoisotopic (exact) mass is 554 g/mol. The van der Waals surface area contributed by atoms with Gasteiger partial charge in [-0.05, 0) is 31.9 Å². The van der Waals surface area contributed by atoms with Crippen molar-refractivity contribution in [1.82, 2.24) is 4.90 Å². The number of anilines is 1. The molecule has 4 rings (SSSR count). The lowest BCUT2D eigenvalue weighted by atomic mass is 9.70. The summed E-state index contributed by atoms with van der Waals surface area (Å²) in [5.41, 5.74) is 0.0816. The van der Waals surface area contributed by atoms with E-state index in [4.69, 9.17) is 21.1 Å². The van der Waals surface area contributed by atoms with Crippen molar-refractivity contribution in [3.8, 4) is 0 Å². The number of amides is 2. The normalized spacial score (nSPS) is 31.5. The number of hydrogen-bond acceptors (Lipinski definition) is 6. The van der Waals surface area contributed by atoms with Crippen LogP contribution in [0.1, 0.15) is 18.9 Å². The molecule has 8 nitrogen and oxygen atoms in total. The van der Waals surface area contributed by atoms with E-state index in [0.717, 1.165) is 5.56 Å². The molecule has 2 bridgehead atoms. The highest BCUT2D eigenvalue weighted by molar-refractivity contribution is 9.09. The van der Waals surface area contributed by atoms with Crippen molar-refractivity contribution in [3.05, 3.63) is 41.4 Å². The topological polar surface area (TPSA) is 96.4 Å². The average Bonchev–Trinajstić information content (AvgIpc) is 3.37. The summed E-state index contributed by atoms with van der Waals surface area (Å²) in [6, 6.07) is 4.30.